The van der Waals surface area contributed by atoms with Gasteiger partial charge in [-0.2, -0.15) is 0 Å². The fourth-order valence-corrected chi connectivity index (χ4v) is 5.86. The van der Waals surface area contributed by atoms with Crippen LogP contribution in [0.4, 0.5) is 0 Å². The number of hydrogen-bond donors (Lipinski definition) is 2. The average Bonchev–Trinajstić information content (AvgIpc) is 3.01. The van der Waals surface area contributed by atoms with Gasteiger partial charge in [0.1, 0.15) is 0 Å². The molecule has 0 heterocycles. The van der Waals surface area contributed by atoms with Gasteiger partial charge in [0.05, 0.1) is 4.90 Å². The molecule has 20 heavy (non-hydrogen) atoms. The molecule has 2 aliphatic rings. The number of fused-ring (bicyclic) bond motifs is 2. The molecule has 3 unspecified atom stereocenters. The zero-order chi connectivity index (χ0) is 14.3. The van der Waals surface area contributed by atoms with Crippen molar-refractivity contribution in [1.82, 2.24) is 4.72 Å². The first kappa shape index (κ1) is 14.5. The van der Waals surface area contributed by atoms with Crippen LogP contribution in [0.15, 0.2) is 27.6 Å². The molecule has 0 aromatic heterocycles. The van der Waals surface area contributed by atoms with Crippen LogP contribution in [0.3, 0.4) is 0 Å². The highest BCUT2D eigenvalue weighted by Crippen LogP contribution is 2.45. The second-order valence-corrected chi connectivity index (χ2v) is 8.41. The molecule has 6 heteroatoms. The molecule has 0 amide bonds. The van der Waals surface area contributed by atoms with Crippen LogP contribution in [0.2, 0.25) is 0 Å². The van der Waals surface area contributed by atoms with Crippen molar-refractivity contribution in [1.29, 1.82) is 0 Å². The van der Waals surface area contributed by atoms with Crippen molar-refractivity contribution in [3.8, 4) is 0 Å². The molecule has 1 aromatic rings. The Morgan fingerprint density at radius 3 is 2.70 bits per heavy atom. The van der Waals surface area contributed by atoms with Crippen LogP contribution in [-0.4, -0.2) is 14.5 Å². The lowest BCUT2D eigenvalue weighted by molar-refractivity contribution is 0.390. The Morgan fingerprint density at radius 2 is 2.10 bits per heavy atom. The fraction of sp³-hybridized carbons (Fsp3) is 0.571. The number of hydrogen-bond acceptors (Lipinski definition) is 3. The van der Waals surface area contributed by atoms with Crippen molar-refractivity contribution in [2.24, 2.45) is 17.6 Å². The SMILES string of the molecule is NCc1ccc(Br)c(S(=O)(=O)NC2CC3CCC2C3)c1. The van der Waals surface area contributed by atoms with Crippen LogP contribution in [0, 0.1) is 11.8 Å². The Kier molecular flexibility index (Phi) is 3.92. The summed E-state index contributed by atoms with van der Waals surface area (Å²) in [4.78, 5) is 0.295. The first-order chi connectivity index (χ1) is 9.49. The molecule has 0 aliphatic heterocycles. The molecule has 4 nitrogen and oxygen atoms in total. The van der Waals surface area contributed by atoms with E-state index in [1.165, 1.54) is 12.8 Å². The highest BCUT2D eigenvalue weighted by Gasteiger charge is 2.41. The van der Waals surface area contributed by atoms with Gasteiger partial charge in [0.25, 0.3) is 0 Å². The Balaban J connectivity index is 1.84. The minimum atomic E-state index is -3.48. The van der Waals surface area contributed by atoms with Crippen molar-refractivity contribution < 1.29 is 8.42 Å². The van der Waals surface area contributed by atoms with Crippen molar-refractivity contribution in [3.05, 3.63) is 28.2 Å². The van der Waals surface area contributed by atoms with Gasteiger partial charge in [0, 0.05) is 17.1 Å². The van der Waals surface area contributed by atoms with Crippen LogP contribution in [0.5, 0.6) is 0 Å². The van der Waals surface area contributed by atoms with Crippen molar-refractivity contribution in [2.75, 3.05) is 0 Å². The van der Waals surface area contributed by atoms with Gasteiger partial charge in [-0.1, -0.05) is 12.5 Å². The molecule has 2 bridgehead atoms. The standard InChI is InChI=1S/C14H19BrN2O2S/c15-12-4-2-10(8-16)7-14(12)20(18,19)17-13-6-9-1-3-11(13)5-9/h2,4,7,9,11,13,17H,1,3,5-6,8,16H2. The van der Waals surface area contributed by atoms with E-state index < -0.39 is 10.0 Å². The molecule has 2 saturated carbocycles. The summed E-state index contributed by atoms with van der Waals surface area (Å²) in [5.74, 6) is 1.23. The first-order valence-corrected chi connectivity index (χ1v) is 9.28. The molecule has 2 aliphatic carbocycles. The maximum atomic E-state index is 12.6. The number of nitrogens with one attached hydrogen (secondary N) is 1. The van der Waals surface area contributed by atoms with Gasteiger partial charge < -0.3 is 5.73 Å². The Labute approximate surface area is 128 Å². The molecule has 3 rings (SSSR count). The second kappa shape index (κ2) is 5.40. The van der Waals surface area contributed by atoms with Gasteiger partial charge in [-0.25, -0.2) is 13.1 Å². The van der Waals surface area contributed by atoms with Crippen LogP contribution >= 0.6 is 15.9 Å². The van der Waals surface area contributed by atoms with E-state index in [0.29, 0.717) is 27.7 Å². The molecule has 2 fully saturated rings. The predicted molar refractivity (Wildman–Crippen MR) is 81.6 cm³/mol. The van der Waals surface area contributed by atoms with Gasteiger partial charge in [0.15, 0.2) is 0 Å². The van der Waals surface area contributed by atoms with Crippen LogP contribution in [0.25, 0.3) is 0 Å². The van der Waals surface area contributed by atoms with Gasteiger partial charge in [0.2, 0.25) is 10.0 Å². The second-order valence-electron chi connectivity index (χ2n) is 5.87. The summed E-state index contributed by atoms with van der Waals surface area (Å²) in [6.45, 7) is 0.337. The minimum Gasteiger partial charge on any atom is -0.326 e. The van der Waals surface area contributed by atoms with E-state index in [1.807, 2.05) is 6.07 Å². The zero-order valence-electron chi connectivity index (χ0n) is 11.2. The largest absolute Gasteiger partial charge is 0.326 e. The van der Waals surface area contributed by atoms with Crippen molar-refractivity contribution in [2.45, 2.75) is 43.2 Å². The Morgan fingerprint density at radius 1 is 1.30 bits per heavy atom. The number of nitrogens with two attached hydrogens (primary N) is 1. The van der Waals surface area contributed by atoms with Gasteiger partial charge >= 0.3 is 0 Å². The van der Waals surface area contributed by atoms with Crippen LogP contribution in [0.1, 0.15) is 31.2 Å². The van der Waals surface area contributed by atoms with Gasteiger partial charge in [-0.3, -0.25) is 0 Å². The molecule has 110 valence electrons. The third kappa shape index (κ3) is 2.66. The highest BCUT2D eigenvalue weighted by atomic mass is 79.9. The Hall–Kier alpha value is -0.430. The van der Waals surface area contributed by atoms with Crippen LogP contribution in [-0.2, 0) is 16.6 Å². The minimum absolute atomic E-state index is 0.104. The molecule has 3 atom stereocenters. The van der Waals surface area contributed by atoms with Gasteiger partial charge in [-0.15, -0.1) is 0 Å². The summed E-state index contributed by atoms with van der Waals surface area (Å²) in [7, 11) is -3.48. The molecule has 3 N–H and O–H groups in total. The maximum absolute atomic E-state index is 12.6. The maximum Gasteiger partial charge on any atom is 0.241 e. The van der Waals surface area contributed by atoms with Crippen LogP contribution < -0.4 is 10.5 Å². The summed E-state index contributed by atoms with van der Waals surface area (Å²) in [6.07, 6.45) is 4.58. The number of rotatable bonds is 4. The molecular weight excluding hydrogens is 340 g/mol. The van der Waals surface area contributed by atoms with E-state index in [1.54, 1.807) is 12.1 Å². The monoisotopic (exact) mass is 358 g/mol. The number of benzene rings is 1. The average molecular weight is 359 g/mol. The van der Waals surface area contributed by atoms with E-state index in [0.717, 1.165) is 18.4 Å². The number of sulfonamides is 1. The summed E-state index contributed by atoms with van der Waals surface area (Å²) >= 11 is 3.33. The summed E-state index contributed by atoms with van der Waals surface area (Å²) in [5, 5.41) is 0. The van der Waals surface area contributed by atoms with Crippen molar-refractivity contribution >= 4 is 26.0 Å². The zero-order valence-corrected chi connectivity index (χ0v) is 13.6. The van der Waals surface area contributed by atoms with E-state index in [9.17, 15) is 8.42 Å². The lowest BCUT2D eigenvalue weighted by Crippen LogP contribution is -2.38. The molecule has 0 spiro atoms. The third-order valence-corrected chi connectivity index (χ3v) is 7.05. The van der Waals surface area contributed by atoms with E-state index in [-0.39, 0.29) is 6.04 Å². The summed E-state index contributed by atoms with van der Waals surface area (Å²) < 4.78 is 28.6. The van der Waals surface area contributed by atoms with E-state index in [2.05, 4.69) is 20.7 Å². The fourth-order valence-electron chi connectivity index (χ4n) is 3.53. The molecule has 0 saturated heterocycles. The highest BCUT2D eigenvalue weighted by molar-refractivity contribution is 9.10. The quantitative estimate of drug-likeness (QED) is 0.867. The molecular formula is C14H19BrN2O2S. The first-order valence-electron chi connectivity index (χ1n) is 7.00. The predicted octanol–water partition coefficient (Wildman–Crippen LogP) is 2.37. The third-order valence-electron chi connectivity index (χ3n) is 4.57. The lowest BCUT2D eigenvalue weighted by atomic mass is 9.96. The summed E-state index contributed by atoms with van der Waals surface area (Å²) in [5.41, 5.74) is 6.42. The number of halogens is 1. The van der Waals surface area contributed by atoms with Crippen molar-refractivity contribution in [3.63, 3.8) is 0 Å². The molecule has 1 aromatic carbocycles. The smallest absolute Gasteiger partial charge is 0.241 e. The van der Waals surface area contributed by atoms with E-state index in [4.69, 9.17) is 5.73 Å². The van der Waals surface area contributed by atoms with Gasteiger partial charge in [-0.05, 0) is 64.7 Å². The normalized spacial score (nSPS) is 29.0. The molecule has 0 radical (unpaired) electrons. The topological polar surface area (TPSA) is 72.2 Å². The Bertz CT molecular complexity index is 618. The summed E-state index contributed by atoms with van der Waals surface area (Å²) in [6, 6.07) is 5.34. The lowest BCUT2D eigenvalue weighted by Gasteiger charge is -2.23. The van der Waals surface area contributed by atoms with E-state index >= 15 is 0 Å².